The number of hydrogen-bond donors (Lipinski definition) is 1. The van der Waals surface area contributed by atoms with Gasteiger partial charge in [0.2, 0.25) is 5.91 Å². The van der Waals surface area contributed by atoms with E-state index in [-0.39, 0.29) is 11.8 Å². The predicted molar refractivity (Wildman–Crippen MR) is 50.6 cm³/mol. The third kappa shape index (κ3) is 0.840. The first kappa shape index (κ1) is 6.83. The average molecular weight is 172 g/mol. The Kier molecular flexibility index (Phi) is 1.15. The summed E-state index contributed by atoms with van der Waals surface area (Å²) in [5.74, 6) is 0.294. The molecule has 0 saturated heterocycles. The Morgan fingerprint density at radius 2 is 2.38 bits per heavy atom. The molecule has 1 aromatic carbocycles. The molecule has 0 bridgehead atoms. The molecule has 1 N–H and O–H groups in total. The van der Waals surface area contributed by atoms with Gasteiger partial charge in [0.15, 0.2) is 0 Å². The Labute approximate surface area is 75.5 Å². The molecular weight excluding hydrogens is 164 g/mol. The maximum Gasteiger partial charge on any atom is 0.225 e. The fraction of sp³-hybridized carbons (Fsp3) is 0.200. The summed E-state index contributed by atoms with van der Waals surface area (Å²) in [6.07, 6.45) is 2.40. The standard InChI is InChI=1S/C10H8N2O/c13-9-4-6-5-11-7-2-1-3-8(12-9)10(6)7/h1-3,5-6H,4H2,(H,12,13). The minimum absolute atomic E-state index is 0.0861. The van der Waals surface area contributed by atoms with Crippen LogP contribution in [0.15, 0.2) is 23.2 Å². The van der Waals surface area contributed by atoms with E-state index in [4.69, 9.17) is 0 Å². The van der Waals surface area contributed by atoms with Gasteiger partial charge in [0.1, 0.15) is 0 Å². The van der Waals surface area contributed by atoms with Crippen molar-refractivity contribution in [2.24, 2.45) is 4.99 Å². The first-order valence-electron chi connectivity index (χ1n) is 4.31. The molecule has 1 atom stereocenters. The number of benzene rings is 1. The van der Waals surface area contributed by atoms with E-state index in [1.165, 1.54) is 5.56 Å². The van der Waals surface area contributed by atoms with Gasteiger partial charge in [-0.1, -0.05) is 6.07 Å². The quantitative estimate of drug-likeness (QED) is 0.637. The number of carbonyl (C=O) groups excluding carboxylic acids is 1. The van der Waals surface area contributed by atoms with E-state index in [1.807, 2.05) is 24.4 Å². The third-order valence-corrected chi connectivity index (χ3v) is 2.53. The lowest BCUT2D eigenvalue weighted by Crippen LogP contribution is -2.21. The van der Waals surface area contributed by atoms with Crippen LogP contribution in [-0.2, 0) is 4.79 Å². The molecule has 1 unspecified atom stereocenters. The molecule has 2 aliphatic heterocycles. The summed E-state index contributed by atoms with van der Waals surface area (Å²) in [5.41, 5.74) is 3.11. The molecule has 0 aliphatic carbocycles. The molecule has 0 fully saturated rings. The van der Waals surface area contributed by atoms with Crippen LogP contribution in [-0.4, -0.2) is 12.1 Å². The second-order valence-electron chi connectivity index (χ2n) is 3.38. The average Bonchev–Trinajstić information content (AvgIpc) is 2.50. The lowest BCUT2D eigenvalue weighted by Gasteiger charge is -2.20. The smallest absolute Gasteiger partial charge is 0.225 e. The first-order valence-corrected chi connectivity index (χ1v) is 4.31. The Balaban J connectivity index is 2.26. The summed E-state index contributed by atoms with van der Waals surface area (Å²) >= 11 is 0. The molecule has 0 radical (unpaired) electrons. The molecule has 0 saturated carbocycles. The maximum atomic E-state index is 11.2. The zero-order valence-electron chi connectivity index (χ0n) is 6.95. The van der Waals surface area contributed by atoms with Crippen LogP contribution in [0.3, 0.4) is 0 Å². The fourth-order valence-electron chi connectivity index (χ4n) is 1.96. The normalized spacial score (nSPS) is 22.8. The van der Waals surface area contributed by atoms with Crippen LogP contribution in [0.1, 0.15) is 17.9 Å². The van der Waals surface area contributed by atoms with Gasteiger partial charge in [0.25, 0.3) is 0 Å². The van der Waals surface area contributed by atoms with Gasteiger partial charge in [-0.15, -0.1) is 0 Å². The highest BCUT2D eigenvalue weighted by Crippen LogP contribution is 2.41. The highest BCUT2D eigenvalue weighted by molar-refractivity contribution is 6.02. The lowest BCUT2D eigenvalue weighted by atomic mass is 9.92. The molecule has 2 aliphatic rings. The molecule has 2 heterocycles. The Morgan fingerprint density at radius 1 is 1.46 bits per heavy atom. The molecule has 1 amide bonds. The fourth-order valence-corrected chi connectivity index (χ4v) is 1.96. The molecule has 0 spiro atoms. The number of rotatable bonds is 0. The van der Waals surface area contributed by atoms with E-state index in [2.05, 4.69) is 10.3 Å². The minimum atomic E-state index is 0.0861. The van der Waals surface area contributed by atoms with Crippen LogP contribution in [0.25, 0.3) is 0 Å². The minimum Gasteiger partial charge on any atom is -0.326 e. The molecule has 13 heavy (non-hydrogen) atoms. The van der Waals surface area contributed by atoms with Gasteiger partial charge in [-0.3, -0.25) is 9.79 Å². The van der Waals surface area contributed by atoms with Crippen molar-refractivity contribution in [3.05, 3.63) is 23.8 Å². The van der Waals surface area contributed by atoms with Crippen molar-refractivity contribution < 1.29 is 4.79 Å². The van der Waals surface area contributed by atoms with Gasteiger partial charge in [-0.05, 0) is 12.1 Å². The lowest BCUT2D eigenvalue weighted by molar-refractivity contribution is -0.116. The number of hydrogen-bond acceptors (Lipinski definition) is 2. The van der Waals surface area contributed by atoms with Gasteiger partial charge in [0.05, 0.1) is 5.69 Å². The molecular formula is C10H8N2O. The van der Waals surface area contributed by atoms with Gasteiger partial charge in [-0.2, -0.15) is 0 Å². The van der Waals surface area contributed by atoms with Crippen LogP contribution in [0.5, 0.6) is 0 Å². The van der Waals surface area contributed by atoms with Gasteiger partial charge < -0.3 is 5.32 Å². The number of amides is 1. The van der Waals surface area contributed by atoms with E-state index >= 15 is 0 Å². The van der Waals surface area contributed by atoms with E-state index in [0.717, 1.165) is 11.4 Å². The number of nitrogens with zero attached hydrogens (tertiary/aromatic N) is 1. The van der Waals surface area contributed by atoms with E-state index in [9.17, 15) is 4.79 Å². The van der Waals surface area contributed by atoms with Crippen LogP contribution in [0, 0.1) is 0 Å². The molecule has 0 aromatic heterocycles. The number of anilines is 1. The summed E-state index contributed by atoms with van der Waals surface area (Å²) in [7, 11) is 0. The topological polar surface area (TPSA) is 41.5 Å². The van der Waals surface area contributed by atoms with E-state index < -0.39 is 0 Å². The maximum absolute atomic E-state index is 11.2. The Hall–Kier alpha value is -1.64. The van der Waals surface area contributed by atoms with Gasteiger partial charge in [0, 0.05) is 29.8 Å². The number of carbonyl (C=O) groups is 1. The molecule has 3 heteroatoms. The number of nitrogens with one attached hydrogen (secondary N) is 1. The Morgan fingerprint density at radius 3 is 3.31 bits per heavy atom. The zero-order valence-corrected chi connectivity index (χ0v) is 6.95. The van der Waals surface area contributed by atoms with Crippen molar-refractivity contribution in [3.8, 4) is 0 Å². The van der Waals surface area contributed by atoms with Gasteiger partial charge in [-0.25, -0.2) is 0 Å². The zero-order chi connectivity index (χ0) is 8.84. The third-order valence-electron chi connectivity index (χ3n) is 2.53. The Bertz CT molecular complexity index is 423. The van der Waals surface area contributed by atoms with Crippen LogP contribution in [0.4, 0.5) is 11.4 Å². The first-order chi connectivity index (χ1) is 6.34. The summed E-state index contributed by atoms with van der Waals surface area (Å²) in [6.45, 7) is 0. The van der Waals surface area contributed by atoms with Crippen LogP contribution < -0.4 is 5.32 Å². The molecule has 3 rings (SSSR count). The predicted octanol–water partition coefficient (Wildman–Crippen LogP) is 1.83. The van der Waals surface area contributed by atoms with Gasteiger partial charge >= 0.3 is 0 Å². The van der Waals surface area contributed by atoms with E-state index in [0.29, 0.717) is 6.42 Å². The summed E-state index contributed by atoms with van der Waals surface area (Å²) in [6, 6.07) is 5.82. The van der Waals surface area contributed by atoms with Crippen LogP contribution in [0.2, 0.25) is 0 Å². The van der Waals surface area contributed by atoms with Crippen molar-refractivity contribution in [2.75, 3.05) is 5.32 Å². The molecule has 3 nitrogen and oxygen atoms in total. The summed E-state index contributed by atoms with van der Waals surface area (Å²) in [4.78, 5) is 15.5. The van der Waals surface area contributed by atoms with Crippen molar-refractivity contribution in [3.63, 3.8) is 0 Å². The summed E-state index contributed by atoms with van der Waals surface area (Å²) in [5, 5.41) is 2.85. The highest BCUT2D eigenvalue weighted by atomic mass is 16.1. The van der Waals surface area contributed by atoms with Crippen molar-refractivity contribution >= 4 is 23.5 Å². The largest absolute Gasteiger partial charge is 0.326 e. The van der Waals surface area contributed by atoms with Crippen molar-refractivity contribution in [1.82, 2.24) is 0 Å². The molecule has 64 valence electrons. The monoisotopic (exact) mass is 172 g/mol. The van der Waals surface area contributed by atoms with E-state index in [1.54, 1.807) is 0 Å². The van der Waals surface area contributed by atoms with Crippen LogP contribution >= 0.6 is 0 Å². The summed E-state index contributed by atoms with van der Waals surface area (Å²) < 4.78 is 0. The van der Waals surface area contributed by atoms with Crippen molar-refractivity contribution in [1.29, 1.82) is 0 Å². The second-order valence-corrected chi connectivity index (χ2v) is 3.38. The second kappa shape index (κ2) is 2.19. The van der Waals surface area contributed by atoms with Crippen molar-refractivity contribution in [2.45, 2.75) is 12.3 Å². The highest BCUT2D eigenvalue weighted by Gasteiger charge is 2.29. The number of aliphatic imine (C=N–C) groups is 1. The SMILES string of the molecule is O=C1CC2C=Nc3cccc(c32)N1. The molecule has 1 aromatic rings.